The highest BCUT2D eigenvalue weighted by molar-refractivity contribution is 5.60. The lowest BCUT2D eigenvalue weighted by Gasteiger charge is -2.02. The van der Waals surface area contributed by atoms with Gasteiger partial charge in [0.25, 0.3) is 0 Å². The summed E-state index contributed by atoms with van der Waals surface area (Å²) in [7, 11) is 0. The van der Waals surface area contributed by atoms with E-state index >= 15 is 0 Å². The van der Waals surface area contributed by atoms with E-state index in [1.54, 1.807) is 0 Å². The Kier molecular flexibility index (Phi) is 13.1. The highest BCUT2D eigenvalue weighted by Gasteiger charge is 1.93. The highest BCUT2D eigenvalue weighted by Crippen LogP contribution is 2.13. The molecular weight excluding hydrogens is 278 g/mol. The van der Waals surface area contributed by atoms with Gasteiger partial charge in [-0.1, -0.05) is 65.8 Å². The van der Waals surface area contributed by atoms with E-state index < -0.39 is 0 Å². The molecule has 0 fully saturated rings. The molecule has 1 heteroatoms. The second-order valence-electron chi connectivity index (χ2n) is 5.60. The number of nitrogens with two attached hydrogens (primary N) is 1. The van der Waals surface area contributed by atoms with E-state index in [0.29, 0.717) is 5.70 Å². The molecule has 1 aromatic carbocycles. The number of rotatable bonds is 4. The zero-order valence-electron chi connectivity index (χ0n) is 15.3. The van der Waals surface area contributed by atoms with Crippen LogP contribution < -0.4 is 5.73 Å². The molecule has 0 radical (unpaired) electrons. The molecule has 2 N–H and O–H groups in total. The fourth-order valence-electron chi connectivity index (χ4n) is 1.70. The Morgan fingerprint density at radius 3 is 2.09 bits per heavy atom. The quantitative estimate of drug-likeness (QED) is 0.409. The molecule has 0 unspecified atom stereocenters. The molecule has 23 heavy (non-hydrogen) atoms. The van der Waals surface area contributed by atoms with Crippen LogP contribution in [0.2, 0.25) is 0 Å². The van der Waals surface area contributed by atoms with Crippen LogP contribution in [-0.4, -0.2) is 0 Å². The summed E-state index contributed by atoms with van der Waals surface area (Å²) in [5.74, 6) is 0. The number of terminal acetylenes is 1. The molecule has 124 valence electrons. The molecule has 0 spiro atoms. The average molecular weight is 309 g/mol. The fourth-order valence-corrected chi connectivity index (χ4v) is 1.70. The van der Waals surface area contributed by atoms with Crippen LogP contribution in [0.1, 0.15) is 45.2 Å². The zero-order valence-corrected chi connectivity index (χ0v) is 15.3. The van der Waals surface area contributed by atoms with E-state index in [-0.39, 0.29) is 0 Å². The molecule has 1 aromatic rings. The molecule has 0 atom stereocenters. The molecule has 0 aliphatic carbocycles. The van der Waals surface area contributed by atoms with Gasteiger partial charge in [-0.05, 0) is 52.7 Å². The van der Waals surface area contributed by atoms with Gasteiger partial charge in [-0.25, -0.2) is 0 Å². The Bertz CT molecular complexity index is 579. The van der Waals surface area contributed by atoms with Gasteiger partial charge in [0.15, 0.2) is 0 Å². The van der Waals surface area contributed by atoms with E-state index in [9.17, 15) is 0 Å². The molecule has 0 amide bonds. The number of allylic oxidation sites excluding steroid dienone is 5. The monoisotopic (exact) mass is 309 g/mol. The summed E-state index contributed by atoms with van der Waals surface area (Å²) in [6.07, 6.45) is 13.0. The van der Waals surface area contributed by atoms with E-state index in [1.165, 1.54) is 22.3 Å². The Balaban J connectivity index is 0. The molecule has 0 aliphatic rings. The zero-order chi connectivity index (χ0) is 18.4. The number of hydrogen-bond acceptors (Lipinski definition) is 1. The molecule has 0 bridgehead atoms. The lowest BCUT2D eigenvalue weighted by Crippen LogP contribution is -1.93. The molecule has 1 nitrogen and oxygen atoms in total. The molecule has 0 aromatic heterocycles. The predicted molar refractivity (Wildman–Crippen MR) is 107 cm³/mol. The first-order valence-corrected chi connectivity index (χ1v) is 7.53. The maximum Gasteiger partial charge on any atom is 0.0314 e. The van der Waals surface area contributed by atoms with E-state index in [0.717, 1.165) is 12.0 Å². The van der Waals surface area contributed by atoms with Crippen LogP contribution in [0.4, 0.5) is 0 Å². The van der Waals surface area contributed by atoms with E-state index in [4.69, 9.17) is 5.73 Å². The van der Waals surface area contributed by atoms with Crippen molar-refractivity contribution in [2.24, 2.45) is 5.73 Å². The van der Waals surface area contributed by atoms with Crippen molar-refractivity contribution < 1.29 is 0 Å². The summed E-state index contributed by atoms with van der Waals surface area (Å²) >= 11 is 0. The summed E-state index contributed by atoms with van der Waals surface area (Å²) in [5, 5.41) is 0. The smallest absolute Gasteiger partial charge is 0.0314 e. The molecule has 0 saturated carbocycles. The third kappa shape index (κ3) is 11.8. The van der Waals surface area contributed by atoms with Crippen LogP contribution in [0, 0.1) is 19.8 Å². The van der Waals surface area contributed by atoms with Gasteiger partial charge in [0.05, 0.1) is 0 Å². The van der Waals surface area contributed by atoms with Gasteiger partial charge in [0.1, 0.15) is 0 Å². The van der Waals surface area contributed by atoms with Crippen molar-refractivity contribution >= 4 is 5.70 Å². The summed E-state index contributed by atoms with van der Waals surface area (Å²) in [5.41, 5.74) is 12.6. The number of hydrogen-bond donors (Lipinski definition) is 1. The van der Waals surface area contributed by atoms with Crippen molar-refractivity contribution in [2.45, 2.75) is 41.0 Å². The number of aryl methyl sites for hydroxylation is 1. The van der Waals surface area contributed by atoms with E-state index in [1.807, 2.05) is 37.3 Å². The first-order valence-electron chi connectivity index (χ1n) is 7.53. The second kappa shape index (κ2) is 13.2. The molecule has 1 rings (SSSR count). The summed E-state index contributed by atoms with van der Waals surface area (Å²) in [6, 6.07) is 7.98. The van der Waals surface area contributed by atoms with Gasteiger partial charge in [0.2, 0.25) is 0 Å². The van der Waals surface area contributed by atoms with Crippen molar-refractivity contribution in [1.29, 1.82) is 0 Å². The minimum Gasteiger partial charge on any atom is -0.399 e. The lowest BCUT2D eigenvalue weighted by atomic mass is 10.0. The largest absolute Gasteiger partial charge is 0.399 e. The Morgan fingerprint density at radius 2 is 1.74 bits per heavy atom. The van der Waals surface area contributed by atoms with E-state index in [2.05, 4.69) is 59.8 Å². The summed E-state index contributed by atoms with van der Waals surface area (Å²) < 4.78 is 0. The van der Waals surface area contributed by atoms with Crippen LogP contribution in [0.15, 0.2) is 66.3 Å². The fraction of sp³-hybridized carbons (Fsp3) is 0.273. The molecule has 0 heterocycles. The Morgan fingerprint density at radius 1 is 1.17 bits per heavy atom. The van der Waals surface area contributed by atoms with Crippen molar-refractivity contribution in [3.8, 4) is 12.8 Å². The SMILES string of the molecule is C#C.C=C(N)c1cccc(C)c1.C=C/C=C(\C)CC(C)=C(C)C. The van der Waals surface area contributed by atoms with Crippen LogP contribution in [0.5, 0.6) is 0 Å². The molecule has 0 saturated heterocycles. The first kappa shape index (κ1) is 22.8. The van der Waals surface area contributed by atoms with Crippen molar-refractivity contribution in [3.05, 3.63) is 77.4 Å². The van der Waals surface area contributed by atoms with Gasteiger partial charge in [-0.3, -0.25) is 0 Å². The van der Waals surface area contributed by atoms with Crippen LogP contribution >= 0.6 is 0 Å². The molecular formula is C22H31N. The number of benzene rings is 1. The topological polar surface area (TPSA) is 26.0 Å². The first-order chi connectivity index (χ1) is 10.8. The van der Waals surface area contributed by atoms with Crippen molar-refractivity contribution in [3.63, 3.8) is 0 Å². The third-order valence-corrected chi connectivity index (χ3v) is 3.19. The maximum absolute atomic E-state index is 5.49. The highest BCUT2D eigenvalue weighted by atomic mass is 14.6. The normalized spacial score (nSPS) is 9.43. The van der Waals surface area contributed by atoms with Crippen molar-refractivity contribution in [1.82, 2.24) is 0 Å². The minimum absolute atomic E-state index is 0.628. The average Bonchev–Trinajstić information content (AvgIpc) is 2.50. The van der Waals surface area contributed by atoms with Crippen LogP contribution in [0.25, 0.3) is 5.70 Å². The Hall–Kier alpha value is -2.46. The Labute approximate surface area is 143 Å². The lowest BCUT2D eigenvalue weighted by molar-refractivity contribution is 1.06. The standard InChI is InChI=1S/C11H18.C9H11N.C2H2/c1-6-7-10(4)8-11(5)9(2)3;1-7-4-3-5-9(6-7)8(2)10;1-2/h6-7H,1,8H2,2-5H3;3-6H,2,10H2,1H3;1-2H/b10-7+;;. The van der Waals surface area contributed by atoms with Crippen LogP contribution in [-0.2, 0) is 0 Å². The van der Waals surface area contributed by atoms with Crippen molar-refractivity contribution in [2.75, 3.05) is 0 Å². The summed E-state index contributed by atoms with van der Waals surface area (Å²) in [6.45, 7) is 17.9. The van der Waals surface area contributed by atoms with Gasteiger partial charge in [0, 0.05) is 5.70 Å². The molecule has 0 aliphatic heterocycles. The third-order valence-electron chi connectivity index (χ3n) is 3.19. The predicted octanol–water partition coefficient (Wildman–Crippen LogP) is 6.04. The second-order valence-corrected chi connectivity index (χ2v) is 5.60. The van der Waals surface area contributed by atoms with Crippen LogP contribution in [0.3, 0.4) is 0 Å². The summed E-state index contributed by atoms with van der Waals surface area (Å²) in [4.78, 5) is 0. The minimum atomic E-state index is 0.628. The van der Waals surface area contributed by atoms with Gasteiger partial charge in [-0.15, -0.1) is 12.8 Å². The van der Waals surface area contributed by atoms with Gasteiger partial charge < -0.3 is 5.73 Å². The maximum atomic E-state index is 5.49. The van der Waals surface area contributed by atoms with Gasteiger partial charge in [-0.2, -0.15) is 0 Å². The van der Waals surface area contributed by atoms with Gasteiger partial charge >= 0.3 is 0 Å².